The molecule has 2 heterocycles. The minimum absolute atomic E-state index is 0.0855. The first kappa shape index (κ1) is 16.4. The maximum absolute atomic E-state index is 11.3. The molecule has 1 saturated heterocycles. The molecule has 8 heteroatoms. The summed E-state index contributed by atoms with van der Waals surface area (Å²) in [4.78, 5) is 13.0. The standard InChI is InChI=1S/C16H21N5O3/c1-2-19-11-17-18-16(19)13-5-7-20(8-6-13)15-9-12(10-22)3-4-14(15)21(23)24/h3-4,9,11,13,22H,2,5-8,10H2,1H3. The Morgan fingerprint density at radius 2 is 2.12 bits per heavy atom. The van der Waals surface area contributed by atoms with E-state index in [2.05, 4.69) is 21.7 Å². The van der Waals surface area contributed by atoms with E-state index in [4.69, 9.17) is 0 Å². The molecule has 0 amide bonds. The molecule has 0 saturated carbocycles. The van der Waals surface area contributed by atoms with Crippen molar-refractivity contribution < 1.29 is 10.0 Å². The molecule has 3 rings (SSSR count). The van der Waals surface area contributed by atoms with E-state index in [0.29, 0.717) is 17.2 Å². The zero-order valence-electron chi connectivity index (χ0n) is 13.6. The van der Waals surface area contributed by atoms with Gasteiger partial charge in [0.1, 0.15) is 17.8 Å². The van der Waals surface area contributed by atoms with E-state index in [1.807, 2.05) is 4.90 Å². The van der Waals surface area contributed by atoms with Gasteiger partial charge in [0.25, 0.3) is 5.69 Å². The lowest BCUT2D eigenvalue weighted by molar-refractivity contribution is -0.384. The summed E-state index contributed by atoms with van der Waals surface area (Å²) in [5, 5.41) is 28.8. The number of aliphatic hydroxyl groups is 1. The number of nitro groups is 1. The summed E-state index contributed by atoms with van der Waals surface area (Å²) in [6.07, 6.45) is 3.50. The van der Waals surface area contributed by atoms with Gasteiger partial charge in [0.05, 0.1) is 11.5 Å². The van der Waals surface area contributed by atoms with Gasteiger partial charge in [0.2, 0.25) is 0 Å². The number of nitro benzene ring substituents is 1. The number of hydrogen-bond acceptors (Lipinski definition) is 6. The number of aliphatic hydroxyl groups excluding tert-OH is 1. The van der Waals surface area contributed by atoms with Crippen molar-refractivity contribution in [3.8, 4) is 0 Å². The van der Waals surface area contributed by atoms with Crippen molar-refractivity contribution in [3.63, 3.8) is 0 Å². The summed E-state index contributed by atoms with van der Waals surface area (Å²) < 4.78 is 2.05. The Balaban J connectivity index is 1.78. The smallest absolute Gasteiger partial charge is 0.292 e. The average molecular weight is 331 g/mol. The summed E-state index contributed by atoms with van der Waals surface area (Å²) in [7, 11) is 0. The molecule has 1 N–H and O–H groups in total. The summed E-state index contributed by atoms with van der Waals surface area (Å²) in [5.74, 6) is 1.32. The number of aromatic nitrogens is 3. The summed E-state index contributed by atoms with van der Waals surface area (Å²) >= 11 is 0. The first-order chi connectivity index (χ1) is 11.6. The van der Waals surface area contributed by atoms with Crippen LogP contribution in [0.4, 0.5) is 11.4 Å². The van der Waals surface area contributed by atoms with Crippen molar-refractivity contribution in [2.75, 3.05) is 18.0 Å². The van der Waals surface area contributed by atoms with Crippen LogP contribution in [0.2, 0.25) is 0 Å². The maximum atomic E-state index is 11.3. The van der Waals surface area contributed by atoms with Crippen molar-refractivity contribution in [2.45, 2.75) is 38.8 Å². The minimum atomic E-state index is -0.365. The van der Waals surface area contributed by atoms with E-state index in [0.717, 1.165) is 38.3 Å². The number of benzene rings is 1. The summed E-state index contributed by atoms with van der Waals surface area (Å²) in [6, 6.07) is 4.78. The number of aryl methyl sites for hydroxylation is 1. The highest BCUT2D eigenvalue weighted by Crippen LogP contribution is 2.34. The van der Waals surface area contributed by atoms with Crippen LogP contribution < -0.4 is 4.90 Å². The molecule has 0 atom stereocenters. The predicted molar refractivity (Wildman–Crippen MR) is 88.9 cm³/mol. The molecular formula is C16H21N5O3. The second kappa shape index (κ2) is 6.96. The topological polar surface area (TPSA) is 97.3 Å². The van der Waals surface area contributed by atoms with Crippen LogP contribution in [0.1, 0.15) is 37.1 Å². The van der Waals surface area contributed by atoms with E-state index in [1.165, 1.54) is 6.07 Å². The second-order valence-electron chi connectivity index (χ2n) is 5.97. The molecule has 0 bridgehead atoms. The lowest BCUT2D eigenvalue weighted by atomic mass is 9.95. The number of nitrogens with zero attached hydrogens (tertiary/aromatic N) is 5. The predicted octanol–water partition coefficient (Wildman–Crippen LogP) is 2.08. The van der Waals surface area contributed by atoms with Crippen LogP contribution in [-0.4, -0.2) is 37.9 Å². The van der Waals surface area contributed by atoms with E-state index >= 15 is 0 Å². The normalized spacial score (nSPS) is 15.7. The third-order valence-electron chi connectivity index (χ3n) is 4.61. The van der Waals surface area contributed by atoms with Gasteiger partial charge in [-0.15, -0.1) is 10.2 Å². The molecule has 128 valence electrons. The fraction of sp³-hybridized carbons (Fsp3) is 0.500. The van der Waals surface area contributed by atoms with Gasteiger partial charge in [0.15, 0.2) is 0 Å². The highest BCUT2D eigenvalue weighted by Gasteiger charge is 2.27. The van der Waals surface area contributed by atoms with Crippen molar-refractivity contribution >= 4 is 11.4 Å². The minimum Gasteiger partial charge on any atom is -0.392 e. The number of rotatable bonds is 5. The van der Waals surface area contributed by atoms with Crippen molar-refractivity contribution in [2.24, 2.45) is 0 Å². The highest BCUT2D eigenvalue weighted by molar-refractivity contribution is 5.64. The third-order valence-corrected chi connectivity index (χ3v) is 4.61. The molecule has 1 aliphatic heterocycles. The quantitative estimate of drug-likeness (QED) is 0.665. The van der Waals surface area contributed by atoms with Crippen LogP contribution >= 0.6 is 0 Å². The molecule has 1 aromatic heterocycles. The molecule has 2 aromatic rings. The van der Waals surface area contributed by atoms with Gasteiger partial charge >= 0.3 is 0 Å². The molecule has 1 fully saturated rings. The van der Waals surface area contributed by atoms with Crippen LogP contribution in [0.5, 0.6) is 0 Å². The molecule has 0 unspecified atom stereocenters. The molecule has 0 radical (unpaired) electrons. The van der Waals surface area contributed by atoms with Crippen LogP contribution in [0.15, 0.2) is 24.5 Å². The van der Waals surface area contributed by atoms with E-state index in [-0.39, 0.29) is 17.2 Å². The fourth-order valence-corrected chi connectivity index (χ4v) is 3.28. The maximum Gasteiger partial charge on any atom is 0.292 e. The van der Waals surface area contributed by atoms with Gasteiger partial charge in [0, 0.05) is 31.6 Å². The van der Waals surface area contributed by atoms with Crippen molar-refractivity contribution in [1.82, 2.24) is 14.8 Å². The van der Waals surface area contributed by atoms with Gasteiger partial charge in [-0.2, -0.15) is 0 Å². The van der Waals surface area contributed by atoms with E-state index in [9.17, 15) is 15.2 Å². The van der Waals surface area contributed by atoms with E-state index in [1.54, 1.807) is 18.5 Å². The Labute approximate surface area is 139 Å². The van der Waals surface area contributed by atoms with Crippen LogP contribution in [0.25, 0.3) is 0 Å². The molecule has 0 aliphatic carbocycles. The van der Waals surface area contributed by atoms with Gasteiger partial charge in [-0.3, -0.25) is 10.1 Å². The Bertz CT molecular complexity index is 722. The molecule has 1 aliphatic rings. The van der Waals surface area contributed by atoms with Gasteiger partial charge < -0.3 is 14.6 Å². The summed E-state index contributed by atoms with van der Waals surface area (Å²) in [6.45, 7) is 4.22. The lowest BCUT2D eigenvalue weighted by Crippen LogP contribution is -2.34. The molecule has 8 nitrogen and oxygen atoms in total. The van der Waals surface area contributed by atoms with Gasteiger partial charge in [-0.05, 0) is 37.5 Å². The number of hydrogen-bond donors (Lipinski definition) is 1. The number of anilines is 1. The van der Waals surface area contributed by atoms with E-state index < -0.39 is 0 Å². The van der Waals surface area contributed by atoms with Crippen LogP contribution in [0, 0.1) is 10.1 Å². The molecule has 24 heavy (non-hydrogen) atoms. The molecule has 1 aromatic carbocycles. The SMILES string of the molecule is CCn1cnnc1C1CCN(c2cc(CO)ccc2[N+](=O)[O-])CC1. The average Bonchev–Trinajstić information content (AvgIpc) is 3.10. The first-order valence-electron chi connectivity index (χ1n) is 8.14. The van der Waals surface area contributed by atoms with Gasteiger partial charge in [-0.25, -0.2) is 0 Å². The number of piperidine rings is 1. The lowest BCUT2D eigenvalue weighted by Gasteiger charge is -2.33. The monoisotopic (exact) mass is 331 g/mol. The van der Waals surface area contributed by atoms with Crippen LogP contribution in [-0.2, 0) is 13.2 Å². The Morgan fingerprint density at radius 3 is 2.75 bits per heavy atom. The van der Waals surface area contributed by atoms with Crippen molar-refractivity contribution in [1.29, 1.82) is 0 Å². The highest BCUT2D eigenvalue weighted by atomic mass is 16.6. The molecular weight excluding hydrogens is 310 g/mol. The Morgan fingerprint density at radius 1 is 1.38 bits per heavy atom. The van der Waals surface area contributed by atoms with Gasteiger partial charge in [-0.1, -0.05) is 0 Å². The largest absolute Gasteiger partial charge is 0.392 e. The van der Waals surface area contributed by atoms with Crippen molar-refractivity contribution in [3.05, 3.63) is 46.0 Å². The zero-order chi connectivity index (χ0) is 17.1. The third kappa shape index (κ3) is 3.09. The summed E-state index contributed by atoms with van der Waals surface area (Å²) in [5.41, 5.74) is 1.35. The van der Waals surface area contributed by atoms with Crippen LogP contribution in [0.3, 0.4) is 0 Å². The second-order valence-corrected chi connectivity index (χ2v) is 5.97. The Kier molecular flexibility index (Phi) is 4.75. The fourth-order valence-electron chi connectivity index (χ4n) is 3.28. The first-order valence-corrected chi connectivity index (χ1v) is 8.14. The molecule has 0 spiro atoms. The Hall–Kier alpha value is -2.48. The zero-order valence-corrected chi connectivity index (χ0v) is 13.6.